The van der Waals surface area contributed by atoms with Crippen molar-refractivity contribution in [2.24, 2.45) is 0 Å². The van der Waals surface area contributed by atoms with Crippen LogP contribution in [0.25, 0.3) is 0 Å². The fourth-order valence-corrected chi connectivity index (χ4v) is 0.365. The van der Waals surface area contributed by atoms with Gasteiger partial charge in [0, 0.05) is 0 Å². The van der Waals surface area contributed by atoms with Crippen LogP contribution in [0, 0.1) is 0 Å². The van der Waals surface area contributed by atoms with Gasteiger partial charge in [0.1, 0.15) is 12.9 Å². The van der Waals surface area contributed by atoms with Crippen molar-refractivity contribution in [2.75, 3.05) is 13.2 Å². The zero-order chi connectivity index (χ0) is 8.69. The predicted octanol–water partition coefficient (Wildman–Crippen LogP) is 0.488. The zero-order valence-electron chi connectivity index (χ0n) is 6.42. The van der Waals surface area contributed by atoms with Crippen LogP contribution in [-0.4, -0.2) is 25.5 Å². The Bertz CT molecular complexity index is 165. The molecule has 0 fully saturated rings. The summed E-state index contributed by atoms with van der Waals surface area (Å²) in [6, 6.07) is 0. The minimum Gasteiger partial charge on any atom is -0.445 e. The van der Waals surface area contributed by atoms with E-state index in [-0.39, 0.29) is 13.2 Å². The van der Waals surface area contributed by atoms with Crippen LogP contribution < -0.4 is 5.32 Å². The van der Waals surface area contributed by atoms with Crippen LogP contribution in [0.2, 0.25) is 0 Å². The molecule has 62 valence electrons. The van der Waals surface area contributed by atoms with Crippen LogP contribution in [0.3, 0.4) is 0 Å². The summed E-state index contributed by atoms with van der Waals surface area (Å²) in [4.78, 5) is 20.3. The van der Waals surface area contributed by atoms with Gasteiger partial charge in [0.15, 0.2) is 0 Å². The van der Waals surface area contributed by atoms with Gasteiger partial charge in [-0.3, -0.25) is 0 Å². The standard InChI is InChI=1S/C7H11NO3/c1-6(2)5-11-7(10)8-3-4-9/h4H,1,3,5H2,2H3,(H,8,10). The third-order valence-corrected chi connectivity index (χ3v) is 0.779. The molecule has 0 saturated heterocycles. The molecule has 1 amide bonds. The maximum atomic E-state index is 10.6. The Morgan fingerprint density at radius 3 is 2.82 bits per heavy atom. The Hall–Kier alpha value is -1.32. The number of hydrogen-bond donors (Lipinski definition) is 1. The molecular formula is C7H11NO3. The van der Waals surface area contributed by atoms with Gasteiger partial charge in [0.05, 0.1) is 6.54 Å². The first kappa shape index (κ1) is 9.68. The van der Waals surface area contributed by atoms with Crippen LogP contribution in [0.15, 0.2) is 12.2 Å². The number of aldehydes is 1. The molecule has 4 heteroatoms. The van der Waals surface area contributed by atoms with Gasteiger partial charge in [-0.15, -0.1) is 0 Å². The van der Waals surface area contributed by atoms with Crippen molar-refractivity contribution in [1.82, 2.24) is 5.32 Å². The van der Waals surface area contributed by atoms with Gasteiger partial charge in [-0.05, 0) is 12.5 Å². The second kappa shape index (κ2) is 5.46. The van der Waals surface area contributed by atoms with Crippen molar-refractivity contribution in [1.29, 1.82) is 0 Å². The molecule has 0 aromatic carbocycles. The number of hydrogen-bond acceptors (Lipinski definition) is 3. The molecule has 0 aliphatic rings. The molecule has 1 N–H and O–H groups in total. The van der Waals surface area contributed by atoms with E-state index in [1.165, 1.54) is 0 Å². The Kier molecular flexibility index (Phi) is 4.81. The number of nitrogens with one attached hydrogen (secondary N) is 1. The van der Waals surface area contributed by atoms with E-state index < -0.39 is 6.09 Å². The van der Waals surface area contributed by atoms with E-state index in [2.05, 4.69) is 16.6 Å². The molecule has 11 heavy (non-hydrogen) atoms. The van der Waals surface area contributed by atoms with Crippen molar-refractivity contribution >= 4 is 12.4 Å². The molecule has 0 aromatic rings. The molecule has 0 bridgehead atoms. The molecule has 0 heterocycles. The summed E-state index contributed by atoms with van der Waals surface area (Å²) in [6.45, 7) is 5.44. The average Bonchev–Trinajstić information content (AvgIpc) is 1.97. The highest BCUT2D eigenvalue weighted by molar-refractivity contribution is 5.70. The van der Waals surface area contributed by atoms with Crippen molar-refractivity contribution < 1.29 is 14.3 Å². The monoisotopic (exact) mass is 157 g/mol. The average molecular weight is 157 g/mol. The molecule has 0 aliphatic heterocycles. The van der Waals surface area contributed by atoms with Crippen molar-refractivity contribution in [3.63, 3.8) is 0 Å². The minimum atomic E-state index is -0.597. The lowest BCUT2D eigenvalue weighted by Crippen LogP contribution is -2.26. The van der Waals surface area contributed by atoms with E-state index in [0.717, 1.165) is 5.57 Å². The number of carbonyl (C=O) groups is 2. The van der Waals surface area contributed by atoms with Crippen LogP contribution in [-0.2, 0) is 9.53 Å². The minimum absolute atomic E-state index is 0.0188. The summed E-state index contributed by atoms with van der Waals surface area (Å²) >= 11 is 0. The molecule has 0 aliphatic carbocycles. The van der Waals surface area contributed by atoms with Gasteiger partial charge < -0.3 is 14.8 Å². The molecule has 0 spiro atoms. The molecular weight excluding hydrogens is 146 g/mol. The molecule has 4 nitrogen and oxygen atoms in total. The van der Waals surface area contributed by atoms with Crippen LogP contribution in [0.4, 0.5) is 4.79 Å². The fourth-order valence-electron chi connectivity index (χ4n) is 0.365. The molecule has 0 unspecified atom stereocenters. The van der Waals surface area contributed by atoms with Gasteiger partial charge in [0.2, 0.25) is 0 Å². The Balaban J connectivity index is 3.37. The molecule has 0 radical (unpaired) electrons. The first-order chi connectivity index (χ1) is 5.16. The lowest BCUT2D eigenvalue weighted by Gasteiger charge is -2.02. The summed E-state index contributed by atoms with van der Waals surface area (Å²) in [7, 11) is 0. The van der Waals surface area contributed by atoms with E-state index in [1.807, 2.05) is 0 Å². The highest BCUT2D eigenvalue weighted by Gasteiger charge is 1.98. The molecule has 0 aromatic heterocycles. The van der Waals surface area contributed by atoms with E-state index in [4.69, 9.17) is 0 Å². The third kappa shape index (κ3) is 6.57. The Labute approximate surface area is 65.2 Å². The van der Waals surface area contributed by atoms with Gasteiger partial charge >= 0.3 is 6.09 Å². The summed E-state index contributed by atoms with van der Waals surface area (Å²) in [5.41, 5.74) is 0.756. The summed E-state index contributed by atoms with van der Waals surface area (Å²) in [6.07, 6.45) is -0.0118. The number of rotatable bonds is 4. The van der Waals surface area contributed by atoms with E-state index in [1.54, 1.807) is 6.92 Å². The van der Waals surface area contributed by atoms with Crippen LogP contribution >= 0.6 is 0 Å². The quantitative estimate of drug-likeness (QED) is 0.477. The fraction of sp³-hybridized carbons (Fsp3) is 0.429. The van der Waals surface area contributed by atoms with Crippen molar-refractivity contribution in [2.45, 2.75) is 6.92 Å². The highest BCUT2D eigenvalue weighted by atomic mass is 16.5. The zero-order valence-corrected chi connectivity index (χ0v) is 6.42. The lowest BCUT2D eigenvalue weighted by atomic mass is 10.4. The van der Waals surface area contributed by atoms with E-state index in [9.17, 15) is 9.59 Å². The number of carbonyl (C=O) groups excluding carboxylic acids is 2. The second-order valence-electron chi connectivity index (χ2n) is 2.08. The van der Waals surface area contributed by atoms with Crippen molar-refractivity contribution in [3.05, 3.63) is 12.2 Å². The normalized spacial score (nSPS) is 8.45. The first-order valence-corrected chi connectivity index (χ1v) is 3.15. The topological polar surface area (TPSA) is 55.4 Å². The summed E-state index contributed by atoms with van der Waals surface area (Å²) in [5, 5.41) is 2.22. The smallest absolute Gasteiger partial charge is 0.407 e. The SMILES string of the molecule is C=C(C)COC(=O)NCC=O. The number of alkyl carbamates (subject to hydrolysis) is 1. The Morgan fingerprint density at radius 2 is 2.36 bits per heavy atom. The Morgan fingerprint density at radius 1 is 1.73 bits per heavy atom. The maximum absolute atomic E-state index is 10.6. The highest BCUT2D eigenvalue weighted by Crippen LogP contribution is 1.87. The molecule has 0 atom stereocenters. The van der Waals surface area contributed by atoms with Gasteiger partial charge in [-0.1, -0.05) is 6.58 Å². The van der Waals surface area contributed by atoms with Gasteiger partial charge in [0.25, 0.3) is 0 Å². The van der Waals surface area contributed by atoms with E-state index in [0.29, 0.717) is 6.29 Å². The van der Waals surface area contributed by atoms with Crippen LogP contribution in [0.1, 0.15) is 6.92 Å². The predicted molar refractivity (Wildman–Crippen MR) is 40.2 cm³/mol. The maximum Gasteiger partial charge on any atom is 0.407 e. The number of amides is 1. The third-order valence-electron chi connectivity index (χ3n) is 0.779. The number of ether oxygens (including phenoxy) is 1. The van der Waals surface area contributed by atoms with Gasteiger partial charge in [-0.2, -0.15) is 0 Å². The van der Waals surface area contributed by atoms with Crippen LogP contribution in [0.5, 0.6) is 0 Å². The summed E-state index contributed by atoms with van der Waals surface area (Å²) in [5.74, 6) is 0. The lowest BCUT2D eigenvalue weighted by molar-refractivity contribution is -0.107. The second-order valence-corrected chi connectivity index (χ2v) is 2.08. The van der Waals surface area contributed by atoms with E-state index >= 15 is 0 Å². The van der Waals surface area contributed by atoms with Crippen molar-refractivity contribution in [3.8, 4) is 0 Å². The van der Waals surface area contributed by atoms with Gasteiger partial charge in [-0.25, -0.2) is 4.79 Å². The largest absolute Gasteiger partial charge is 0.445 e. The summed E-state index contributed by atoms with van der Waals surface area (Å²) < 4.78 is 4.60. The molecule has 0 rings (SSSR count). The molecule has 0 saturated carbocycles. The first-order valence-electron chi connectivity index (χ1n) is 3.15.